The van der Waals surface area contributed by atoms with Crippen LogP contribution in [0.4, 0.5) is 11.4 Å². The summed E-state index contributed by atoms with van der Waals surface area (Å²) in [7, 11) is 0. The molecule has 6 nitrogen and oxygen atoms in total. The van der Waals surface area contributed by atoms with Gasteiger partial charge in [0.15, 0.2) is 0 Å². The first-order valence-electron chi connectivity index (χ1n) is 5.22. The molecular weight excluding hydrogens is 220 g/mol. The minimum Gasteiger partial charge on any atom is -0.384 e. The molecule has 1 aromatic rings. The molecule has 0 radical (unpaired) electrons. The zero-order valence-electron chi connectivity index (χ0n) is 9.51. The highest BCUT2D eigenvalue weighted by Gasteiger charge is 2.10. The standard InChI is InChI=1S/C11H14N4O2/c1-8(13)4-5-14-11-3-2-10(15(16)17)6-9(11)7-12/h2-3,6,8,14H,4-5,13H2,1H3. The number of nitriles is 1. The van der Waals surface area contributed by atoms with Crippen LogP contribution in [0.15, 0.2) is 18.2 Å². The summed E-state index contributed by atoms with van der Waals surface area (Å²) >= 11 is 0. The van der Waals surface area contributed by atoms with Gasteiger partial charge in [-0.25, -0.2) is 0 Å². The van der Waals surface area contributed by atoms with Crippen LogP contribution < -0.4 is 11.1 Å². The van der Waals surface area contributed by atoms with Crippen molar-refractivity contribution < 1.29 is 4.92 Å². The molecule has 0 aromatic heterocycles. The van der Waals surface area contributed by atoms with Crippen molar-refractivity contribution in [1.82, 2.24) is 0 Å². The van der Waals surface area contributed by atoms with Crippen molar-refractivity contribution in [3.63, 3.8) is 0 Å². The van der Waals surface area contributed by atoms with Gasteiger partial charge in [0.25, 0.3) is 5.69 Å². The monoisotopic (exact) mass is 234 g/mol. The molecule has 0 saturated heterocycles. The Bertz CT molecular complexity index is 451. The summed E-state index contributed by atoms with van der Waals surface area (Å²) in [5, 5.41) is 22.5. The summed E-state index contributed by atoms with van der Waals surface area (Å²) < 4.78 is 0. The highest BCUT2D eigenvalue weighted by Crippen LogP contribution is 2.21. The van der Waals surface area contributed by atoms with Gasteiger partial charge in [-0.15, -0.1) is 0 Å². The quantitative estimate of drug-likeness (QED) is 0.594. The number of benzene rings is 1. The average Bonchev–Trinajstić information content (AvgIpc) is 2.28. The van der Waals surface area contributed by atoms with Crippen LogP contribution in [-0.2, 0) is 0 Å². The smallest absolute Gasteiger partial charge is 0.270 e. The lowest BCUT2D eigenvalue weighted by Gasteiger charge is -2.09. The molecule has 0 aliphatic carbocycles. The van der Waals surface area contributed by atoms with Crippen molar-refractivity contribution in [2.24, 2.45) is 5.73 Å². The number of non-ortho nitro benzene ring substituents is 1. The molecule has 1 aromatic carbocycles. The van der Waals surface area contributed by atoms with E-state index in [2.05, 4.69) is 5.32 Å². The van der Waals surface area contributed by atoms with Crippen LogP contribution in [0, 0.1) is 21.4 Å². The normalized spacial score (nSPS) is 11.6. The lowest BCUT2D eigenvalue weighted by molar-refractivity contribution is -0.384. The van der Waals surface area contributed by atoms with E-state index in [9.17, 15) is 10.1 Å². The second kappa shape index (κ2) is 5.82. The highest BCUT2D eigenvalue weighted by molar-refractivity contribution is 5.61. The zero-order chi connectivity index (χ0) is 12.8. The third kappa shape index (κ3) is 3.74. The summed E-state index contributed by atoms with van der Waals surface area (Å²) in [6.07, 6.45) is 0.766. The lowest BCUT2D eigenvalue weighted by atomic mass is 10.1. The Hall–Kier alpha value is -2.13. The molecule has 0 aliphatic heterocycles. The van der Waals surface area contributed by atoms with E-state index in [0.29, 0.717) is 12.2 Å². The lowest BCUT2D eigenvalue weighted by Crippen LogP contribution is -2.19. The molecular formula is C11H14N4O2. The van der Waals surface area contributed by atoms with Gasteiger partial charge < -0.3 is 11.1 Å². The van der Waals surface area contributed by atoms with E-state index in [1.807, 2.05) is 13.0 Å². The predicted octanol–water partition coefficient (Wildman–Crippen LogP) is 1.62. The maximum atomic E-state index is 10.5. The van der Waals surface area contributed by atoms with E-state index in [-0.39, 0.29) is 17.3 Å². The van der Waals surface area contributed by atoms with Crippen molar-refractivity contribution in [3.8, 4) is 6.07 Å². The van der Waals surface area contributed by atoms with E-state index >= 15 is 0 Å². The molecule has 0 bridgehead atoms. The molecule has 0 heterocycles. The van der Waals surface area contributed by atoms with Crippen molar-refractivity contribution in [1.29, 1.82) is 5.26 Å². The van der Waals surface area contributed by atoms with Gasteiger partial charge in [-0.2, -0.15) is 5.26 Å². The van der Waals surface area contributed by atoms with E-state index in [1.54, 1.807) is 0 Å². The first-order chi connectivity index (χ1) is 8.04. The topological polar surface area (TPSA) is 105 Å². The molecule has 0 fully saturated rings. The van der Waals surface area contributed by atoms with Crippen LogP contribution in [0.2, 0.25) is 0 Å². The Labute approximate surface area is 99.2 Å². The molecule has 90 valence electrons. The molecule has 1 atom stereocenters. The SMILES string of the molecule is CC(N)CCNc1ccc([N+](=O)[O-])cc1C#N. The van der Waals surface area contributed by atoms with E-state index in [0.717, 1.165) is 6.42 Å². The number of nitrogens with one attached hydrogen (secondary N) is 1. The number of anilines is 1. The molecule has 17 heavy (non-hydrogen) atoms. The van der Waals surface area contributed by atoms with Crippen LogP contribution in [0.1, 0.15) is 18.9 Å². The summed E-state index contributed by atoms with van der Waals surface area (Å²) in [6.45, 7) is 2.52. The summed E-state index contributed by atoms with van der Waals surface area (Å²) in [4.78, 5) is 10.0. The number of rotatable bonds is 5. The van der Waals surface area contributed by atoms with Crippen molar-refractivity contribution in [3.05, 3.63) is 33.9 Å². The Morgan fingerprint density at radius 1 is 1.65 bits per heavy atom. The number of nitro groups is 1. The fourth-order valence-electron chi connectivity index (χ4n) is 1.33. The molecule has 1 unspecified atom stereocenters. The second-order valence-electron chi connectivity index (χ2n) is 3.79. The number of hydrogen-bond donors (Lipinski definition) is 2. The first-order valence-corrected chi connectivity index (χ1v) is 5.22. The molecule has 6 heteroatoms. The molecule has 0 spiro atoms. The Morgan fingerprint density at radius 3 is 2.88 bits per heavy atom. The fourth-order valence-corrected chi connectivity index (χ4v) is 1.33. The van der Waals surface area contributed by atoms with Gasteiger partial charge in [0.1, 0.15) is 6.07 Å². The number of hydrogen-bond acceptors (Lipinski definition) is 5. The number of nitro benzene ring substituents is 1. The largest absolute Gasteiger partial charge is 0.384 e. The highest BCUT2D eigenvalue weighted by atomic mass is 16.6. The van der Waals surface area contributed by atoms with Gasteiger partial charge in [-0.3, -0.25) is 10.1 Å². The van der Waals surface area contributed by atoms with Gasteiger partial charge in [0, 0.05) is 24.7 Å². The van der Waals surface area contributed by atoms with Crippen molar-refractivity contribution in [2.45, 2.75) is 19.4 Å². The molecule has 3 N–H and O–H groups in total. The van der Waals surface area contributed by atoms with Crippen LogP contribution in [0.5, 0.6) is 0 Å². The van der Waals surface area contributed by atoms with Crippen molar-refractivity contribution in [2.75, 3.05) is 11.9 Å². The van der Waals surface area contributed by atoms with Crippen LogP contribution in [-0.4, -0.2) is 17.5 Å². The van der Waals surface area contributed by atoms with E-state index in [4.69, 9.17) is 11.0 Å². The molecule has 0 aliphatic rings. The summed E-state index contributed by atoms with van der Waals surface area (Å²) in [5.41, 5.74) is 6.38. The molecule has 1 rings (SSSR count). The third-order valence-electron chi connectivity index (χ3n) is 2.25. The van der Waals surface area contributed by atoms with Gasteiger partial charge >= 0.3 is 0 Å². The van der Waals surface area contributed by atoms with Crippen LogP contribution >= 0.6 is 0 Å². The predicted molar refractivity (Wildman–Crippen MR) is 64.6 cm³/mol. The van der Waals surface area contributed by atoms with Crippen LogP contribution in [0.25, 0.3) is 0 Å². The van der Waals surface area contributed by atoms with Gasteiger partial charge in [-0.05, 0) is 19.4 Å². The maximum Gasteiger partial charge on any atom is 0.270 e. The maximum absolute atomic E-state index is 10.5. The molecule has 0 amide bonds. The number of nitrogens with zero attached hydrogens (tertiary/aromatic N) is 2. The van der Waals surface area contributed by atoms with Crippen molar-refractivity contribution >= 4 is 11.4 Å². The minimum absolute atomic E-state index is 0.0751. The van der Waals surface area contributed by atoms with Gasteiger partial charge in [0.05, 0.1) is 16.2 Å². The summed E-state index contributed by atoms with van der Waals surface area (Å²) in [5.74, 6) is 0. The second-order valence-corrected chi connectivity index (χ2v) is 3.79. The average molecular weight is 234 g/mol. The third-order valence-corrected chi connectivity index (χ3v) is 2.25. The Morgan fingerprint density at radius 2 is 2.35 bits per heavy atom. The zero-order valence-corrected chi connectivity index (χ0v) is 9.51. The Balaban J connectivity index is 2.79. The van der Waals surface area contributed by atoms with Gasteiger partial charge in [0.2, 0.25) is 0 Å². The Kier molecular flexibility index (Phi) is 4.43. The molecule has 0 saturated carbocycles. The van der Waals surface area contributed by atoms with Gasteiger partial charge in [-0.1, -0.05) is 0 Å². The van der Waals surface area contributed by atoms with E-state index < -0.39 is 4.92 Å². The van der Waals surface area contributed by atoms with Crippen LogP contribution in [0.3, 0.4) is 0 Å². The number of nitrogens with two attached hydrogens (primary N) is 1. The summed E-state index contributed by atoms with van der Waals surface area (Å²) in [6, 6.07) is 6.17. The van der Waals surface area contributed by atoms with E-state index in [1.165, 1.54) is 18.2 Å². The minimum atomic E-state index is -0.521. The first kappa shape index (κ1) is 12.9. The fraction of sp³-hybridized carbons (Fsp3) is 0.364.